The molecule has 0 aromatic carbocycles. The van der Waals surface area contributed by atoms with Crippen LogP contribution in [-0.2, 0) is 23.9 Å². The van der Waals surface area contributed by atoms with E-state index in [1.807, 2.05) is 11.8 Å². The van der Waals surface area contributed by atoms with E-state index in [0.717, 1.165) is 25.7 Å². The molecule has 2 rings (SSSR count). The first-order chi connectivity index (χ1) is 10.8. The van der Waals surface area contributed by atoms with Gasteiger partial charge in [-0.1, -0.05) is 0 Å². The van der Waals surface area contributed by atoms with Crippen LogP contribution in [0.25, 0.3) is 0 Å². The van der Waals surface area contributed by atoms with Crippen molar-refractivity contribution in [1.29, 1.82) is 0 Å². The lowest BCUT2D eigenvalue weighted by Crippen LogP contribution is -2.49. The molecule has 2 saturated heterocycles. The van der Waals surface area contributed by atoms with Crippen LogP contribution in [0.15, 0.2) is 0 Å². The van der Waals surface area contributed by atoms with Crippen molar-refractivity contribution in [2.75, 3.05) is 6.61 Å². The van der Waals surface area contributed by atoms with Crippen molar-refractivity contribution in [1.82, 2.24) is 4.90 Å². The number of hydrogen-bond donors (Lipinski definition) is 2. The first-order valence-corrected chi connectivity index (χ1v) is 7.34. The fraction of sp³-hybridized carbons (Fsp3) is 0.714. The summed E-state index contributed by atoms with van der Waals surface area (Å²) in [5.74, 6) is -3.89. The number of carbonyl (C=O) groups is 4. The van der Waals surface area contributed by atoms with Crippen molar-refractivity contribution in [3.05, 3.63) is 0 Å². The lowest BCUT2D eigenvalue weighted by Gasteiger charge is -2.37. The zero-order chi connectivity index (χ0) is 17.6. The van der Waals surface area contributed by atoms with Crippen LogP contribution in [0.3, 0.4) is 0 Å². The van der Waals surface area contributed by atoms with E-state index < -0.39 is 11.9 Å². The molecule has 1 amide bonds. The highest BCUT2D eigenvalue weighted by Gasteiger charge is 2.44. The molecule has 0 aromatic rings. The summed E-state index contributed by atoms with van der Waals surface area (Å²) in [7, 11) is 0. The van der Waals surface area contributed by atoms with Gasteiger partial charge in [0.1, 0.15) is 6.10 Å². The Labute approximate surface area is 133 Å². The number of piperidine rings is 1. The van der Waals surface area contributed by atoms with Gasteiger partial charge in [0.05, 0.1) is 6.61 Å². The Bertz CT molecular complexity index is 451. The fourth-order valence-electron chi connectivity index (χ4n) is 2.95. The molecule has 2 aliphatic heterocycles. The van der Waals surface area contributed by atoms with Crippen LogP contribution in [0.1, 0.15) is 39.5 Å². The summed E-state index contributed by atoms with van der Waals surface area (Å²) in [4.78, 5) is 42.8. The minimum atomic E-state index is -1.82. The lowest BCUT2D eigenvalue weighted by atomic mass is 10.0. The van der Waals surface area contributed by atoms with Gasteiger partial charge in [-0.2, -0.15) is 0 Å². The number of ether oxygens (including phenoxy) is 2. The molecule has 2 fully saturated rings. The summed E-state index contributed by atoms with van der Waals surface area (Å²) >= 11 is 0. The Morgan fingerprint density at radius 2 is 1.52 bits per heavy atom. The molecule has 0 spiro atoms. The number of nitrogens with zero attached hydrogens (tertiary/aromatic N) is 1. The molecule has 130 valence electrons. The van der Waals surface area contributed by atoms with E-state index in [4.69, 9.17) is 29.3 Å². The minimum Gasteiger partial charge on any atom is -0.473 e. The average Bonchev–Trinajstić information content (AvgIpc) is 2.71. The summed E-state index contributed by atoms with van der Waals surface area (Å²) in [5.41, 5.74) is 0. The summed E-state index contributed by atoms with van der Waals surface area (Å²) in [6.45, 7) is 3.65. The van der Waals surface area contributed by atoms with Crippen molar-refractivity contribution in [2.45, 2.75) is 57.7 Å². The minimum absolute atomic E-state index is 0.0318. The monoisotopic (exact) mass is 331 g/mol. The third-order valence-corrected chi connectivity index (χ3v) is 3.68. The number of esters is 1. The molecule has 2 bridgehead atoms. The van der Waals surface area contributed by atoms with E-state index in [2.05, 4.69) is 0 Å². The van der Waals surface area contributed by atoms with Gasteiger partial charge in [0, 0.05) is 31.8 Å². The van der Waals surface area contributed by atoms with Gasteiger partial charge in [0.15, 0.2) is 0 Å². The Hall–Kier alpha value is -2.32. The maximum atomic E-state index is 11.8. The Kier molecular flexibility index (Phi) is 6.80. The predicted octanol–water partition coefficient (Wildman–Crippen LogP) is 0.857. The first-order valence-electron chi connectivity index (χ1n) is 7.34. The van der Waals surface area contributed by atoms with E-state index >= 15 is 0 Å². The van der Waals surface area contributed by atoms with Gasteiger partial charge in [-0.25, -0.2) is 14.4 Å². The standard InChI is InChI=1S/C12H19NO4.C2H2O4/c1-3-16-12(15)13-9-4-5-10(13)7-11(6-9)17-8(2)14;3-1(4)2(5)6/h9-11H,3-7H2,1-2H3;(H,3,4)(H,5,6). The van der Waals surface area contributed by atoms with Crippen molar-refractivity contribution < 1.29 is 38.9 Å². The summed E-state index contributed by atoms with van der Waals surface area (Å²) in [6.07, 6.45) is 3.21. The van der Waals surface area contributed by atoms with Crippen molar-refractivity contribution in [3.63, 3.8) is 0 Å². The average molecular weight is 331 g/mol. The molecule has 2 aliphatic rings. The van der Waals surface area contributed by atoms with Crippen LogP contribution < -0.4 is 0 Å². The SMILES string of the molecule is CCOC(=O)N1C2CCC1CC(OC(C)=O)C2.O=C(O)C(=O)O. The van der Waals surface area contributed by atoms with E-state index in [-0.39, 0.29) is 30.3 Å². The normalized spacial score (nSPS) is 25.0. The van der Waals surface area contributed by atoms with Crippen LogP contribution in [-0.4, -0.2) is 63.9 Å². The highest BCUT2D eigenvalue weighted by Crippen LogP contribution is 2.37. The third-order valence-electron chi connectivity index (χ3n) is 3.68. The maximum absolute atomic E-state index is 11.8. The van der Waals surface area contributed by atoms with Crippen LogP contribution in [0.2, 0.25) is 0 Å². The number of amides is 1. The van der Waals surface area contributed by atoms with Gasteiger partial charge in [-0.3, -0.25) is 4.79 Å². The number of fused-ring (bicyclic) bond motifs is 2. The van der Waals surface area contributed by atoms with Crippen LogP contribution in [0.4, 0.5) is 4.79 Å². The van der Waals surface area contributed by atoms with Crippen molar-refractivity contribution in [3.8, 4) is 0 Å². The largest absolute Gasteiger partial charge is 0.473 e. The Morgan fingerprint density at radius 3 is 1.87 bits per heavy atom. The molecule has 0 aromatic heterocycles. The van der Waals surface area contributed by atoms with Crippen molar-refractivity contribution >= 4 is 24.0 Å². The topological polar surface area (TPSA) is 130 Å². The van der Waals surface area contributed by atoms with Crippen LogP contribution in [0, 0.1) is 0 Å². The zero-order valence-corrected chi connectivity index (χ0v) is 13.1. The maximum Gasteiger partial charge on any atom is 0.414 e. The third kappa shape index (κ3) is 5.42. The number of carbonyl (C=O) groups excluding carboxylic acids is 2. The molecule has 23 heavy (non-hydrogen) atoms. The Balaban J connectivity index is 0.000000379. The molecule has 2 N–H and O–H groups in total. The van der Waals surface area contributed by atoms with Crippen LogP contribution in [0.5, 0.6) is 0 Å². The first kappa shape index (κ1) is 18.7. The second-order valence-corrected chi connectivity index (χ2v) is 5.30. The summed E-state index contributed by atoms with van der Waals surface area (Å²) in [6, 6.07) is 0.356. The van der Waals surface area contributed by atoms with Crippen LogP contribution >= 0.6 is 0 Å². The second-order valence-electron chi connectivity index (χ2n) is 5.30. The highest BCUT2D eigenvalue weighted by atomic mass is 16.6. The van der Waals surface area contributed by atoms with E-state index in [1.165, 1.54) is 6.92 Å². The predicted molar refractivity (Wildman–Crippen MR) is 75.7 cm³/mol. The van der Waals surface area contributed by atoms with Gasteiger partial charge in [0.25, 0.3) is 0 Å². The summed E-state index contributed by atoms with van der Waals surface area (Å²) < 4.78 is 10.3. The van der Waals surface area contributed by atoms with Gasteiger partial charge in [0.2, 0.25) is 0 Å². The van der Waals surface area contributed by atoms with E-state index in [1.54, 1.807) is 0 Å². The molecule has 9 heteroatoms. The van der Waals surface area contributed by atoms with Gasteiger partial charge in [-0.05, 0) is 19.8 Å². The van der Waals surface area contributed by atoms with E-state index in [0.29, 0.717) is 6.61 Å². The highest BCUT2D eigenvalue weighted by molar-refractivity contribution is 6.27. The quantitative estimate of drug-likeness (QED) is 0.562. The number of aliphatic carboxylic acids is 2. The summed E-state index contributed by atoms with van der Waals surface area (Å²) in [5, 5.41) is 14.8. The lowest BCUT2D eigenvalue weighted by molar-refractivity contribution is -0.159. The molecular weight excluding hydrogens is 310 g/mol. The number of hydrogen-bond acceptors (Lipinski definition) is 6. The van der Waals surface area contributed by atoms with Gasteiger partial charge in [-0.15, -0.1) is 0 Å². The fourth-order valence-corrected chi connectivity index (χ4v) is 2.95. The molecule has 2 atom stereocenters. The molecule has 9 nitrogen and oxygen atoms in total. The molecule has 0 radical (unpaired) electrons. The molecule has 2 heterocycles. The second kappa shape index (κ2) is 8.35. The Morgan fingerprint density at radius 1 is 1.04 bits per heavy atom. The van der Waals surface area contributed by atoms with E-state index in [9.17, 15) is 9.59 Å². The van der Waals surface area contributed by atoms with Gasteiger partial charge < -0.3 is 24.6 Å². The zero-order valence-electron chi connectivity index (χ0n) is 13.1. The number of rotatable bonds is 2. The molecular formula is C14H21NO8. The molecule has 2 unspecified atom stereocenters. The molecule has 0 aliphatic carbocycles. The van der Waals surface area contributed by atoms with Crippen molar-refractivity contribution in [2.24, 2.45) is 0 Å². The van der Waals surface area contributed by atoms with Gasteiger partial charge >= 0.3 is 24.0 Å². The number of carboxylic acids is 2. The number of carboxylic acid groups (broad SMARTS) is 2. The smallest absolute Gasteiger partial charge is 0.414 e. The molecule has 0 saturated carbocycles.